The third-order valence-electron chi connectivity index (χ3n) is 5.18. The molecule has 3 rings (SSSR count). The second-order valence-corrected chi connectivity index (χ2v) is 7.28. The summed E-state index contributed by atoms with van der Waals surface area (Å²) in [5.41, 5.74) is 2.16. The maximum absolute atomic E-state index is 3.67. The molecule has 2 fully saturated rings. The van der Waals surface area contributed by atoms with Crippen molar-refractivity contribution in [3.05, 3.63) is 34.3 Å². The largest absolute Gasteiger partial charge is 0.299 e. The topological polar surface area (TPSA) is 3.24 Å². The number of hydrogen-bond acceptors (Lipinski definition) is 1. The minimum atomic E-state index is 0.725. The molecule has 1 heterocycles. The Hall–Kier alpha value is -0.340. The smallest absolute Gasteiger partial charge is 0.0244 e. The van der Waals surface area contributed by atoms with Crippen molar-refractivity contribution >= 4 is 15.9 Å². The summed E-state index contributed by atoms with van der Waals surface area (Å²) >= 11 is 3.67. The zero-order valence-electron chi connectivity index (χ0n) is 11.7. The molecule has 0 unspecified atom stereocenters. The van der Waals surface area contributed by atoms with Crippen molar-refractivity contribution in [2.24, 2.45) is 5.41 Å². The van der Waals surface area contributed by atoms with E-state index in [9.17, 15) is 0 Å². The van der Waals surface area contributed by atoms with E-state index in [1.165, 1.54) is 68.1 Å². The van der Waals surface area contributed by atoms with Crippen molar-refractivity contribution in [2.75, 3.05) is 13.1 Å². The molecule has 1 saturated carbocycles. The zero-order valence-corrected chi connectivity index (χ0v) is 13.3. The van der Waals surface area contributed by atoms with Gasteiger partial charge in [-0.05, 0) is 55.8 Å². The molecule has 0 atom stereocenters. The van der Waals surface area contributed by atoms with Crippen LogP contribution in [0.1, 0.15) is 50.5 Å². The highest BCUT2D eigenvalue weighted by Gasteiger charge is 2.35. The molecule has 1 spiro atoms. The molecule has 2 aliphatic rings. The first-order chi connectivity index (χ1) is 9.27. The molecule has 1 nitrogen and oxygen atoms in total. The van der Waals surface area contributed by atoms with Crippen molar-refractivity contribution in [1.29, 1.82) is 0 Å². The van der Waals surface area contributed by atoms with Crippen LogP contribution in [0.3, 0.4) is 0 Å². The summed E-state index contributed by atoms with van der Waals surface area (Å²) in [6, 6.07) is 8.64. The molecule has 0 radical (unpaired) electrons. The highest BCUT2D eigenvalue weighted by molar-refractivity contribution is 9.10. The maximum Gasteiger partial charge on any atom is 0.0244 e. The lowest BCUT2D eigenvalue weighted by Crippen LogP contribution is -2.40. The summed E-state index contributed by atoms with van der Waals surface area (Å²) in [6.45, 7) is 3.69. The number of nitrogens with zero attached hydrogens (tertiary/aromatic N) is 1. The van der Waals surface area contributed by atoms with Gasteiger partial charge in [-0.1, -0.05) is 53.4 Å². The maximum atomic E-state index is 3.67. The van der Waals surface area contributed by atoms with E-state index in [2.05, 4.69) is 45.1 Å². The molecule has 0 amide bonds. The van der Waals surface area contributed by atoms with E-state index in [1.807, 2.05) is 0 Å². The Morgan fingerprint density at radius 3 is 2.32 bits per heavy atom. The Morgan fingerprint density at radius 1 is 0.947 bits per heavy atom. The summed E-state index contributed by atoms with van der Waals surface area (Å²) in [7, 11) is 0. The lowest BCUT2D eigenvalue weighted by molar-refractivity contribution is 0.0640. The SMILES string of the molecule is Brc1ccccc1CN1CCC2(CCCCC2)CC1. The standard InChI is InChI=1S/C17H24BrN/c18-16-7-3-2-6-15(16)14-19-12-10-17(11-13-19)8-4-1-5-9-17/h2-3,6-7H,1,4-5,8-14H2. The molecule has 1 aliphatic carbocycles. The Balaban J connectivity index is 1.57. The predicted molar refractivity (Wildman–Crippen MR) is 84.2 cm³/mol. The fourth-order valence-electron chi connectivity index (χ4n) is 3.85. The molecule has 0 bridgehead atoms. The van der Waals surface area contributed by atoms with E-state index in [0.717, 1.165) is 12.0 Å². The Labute approximate surface area is 125 Å². The van der Waals surface area contributed by atoms with E-state index >= 15 is 0 Å². The molecule has 19 heavy (non-hydrogen) atoms. The first-order valence-electron chi connectivity index (χ1n) is 7.73. The predicted octanol–water partition coefficient (Wildman–Crippen LogP) is 5.00. The van der Waals surface area contributed by atoms with Crippen molar-refractivity contribution in [3.8, 4) is 0 Å². The molecular formula is C17H24BrN. The Morgan fingerprint density at radius 2 is 1.63 bits per heavy atom. The van der Waals surface area contributed by atoms with Crippen LogP contribution in [0, 0.1) is 5.41 Å². The van der Waals surface area contributed by atoms with Gasteiger partial charge in [0.1, 0.15) is 0 Å². The molecule has 1 aromatic rings. The average molecular weight is 322 g/mol. The number of halogens is 1. The zero-order chi connectivity index (χ0) is 13.1. The number of piperidine rings is 1. The van der Waals surface area contributed by atoms with E-state index in [4.69, 9.17) is 0 Å². The van der Waals surface area contributed by atoms with Crippen LogP contribution >= 0.6 is 15.9 Å². The number of benzene rings is 1. The molecule has 1 saturated heterocycles. The summed E-state index contributed by atoms with van der Waals surface area (Å²) < 4.78 is 1.26. The van der Waals surface area contributed by atoms with Crippen LogP contribution in [0.2, 0.25) is 0 Å². The van der Waals surface area contributed by atoms with E-state index in [0.29, 0.717) is 0 Å². The van der Waals surface area contributed by atoms with Gasteiger partial charge in [-0.3, -0.25) is 4.90 Å². The Bertz CT molecular complexity index is 413. The van der Waals surface area contributed by atoms with Gasteiger partial charge in [-0.15, -0.1) is 0 Å². The van der Waals surface area contributed by atoms with Gasteiger partial charge in [-0.2, -0.15) is 0 Å². The van der Waals surface area contributed by atoms with Gasteiger partial charge in [0.05, 0.1) is 0 Å². The average Bonchev–Trinajstić information content (AvgIpc) is 2.45. The van der Waals surface area contributed by atoms with Gasteiger partial charge in [0.15, 0.2) is 0 Å². The third kappa shape index (κ3) is 3.22. The highest BCUT2D eigenvalue weighted by Crippen LogP contribution is 2.44. The van der Waals surface area contributed by atoms with E-state index in [-0.39, 0.29) is 0 Å². The summed E-state index contributed by atoms with van der Waals surface area (Å²) in [5.74, 6) is 0. The van der Waals surface area contributed by atoms with Crippen LogP contribution in [0.25, 0.3) is 0 Å². The van der Waals surface area contributed by atoms with Gasteiger partial charge in [0, 0.05) is 11.0 Å². The highest BCUT2D eigenvalue weighted by atomic mass is 79.9. The molecule has 2 heteroatoms. The van der Waals surface area contributed by atoms with Gasteiger partial charge < -0.3 is 0 Å². The third-order valence-corrected chi connectivity index (χ3v) is 5.96. The lowest BCUT2D eigenvalue weighted by Gasteiger charge is -2.44. The second-order valence-electron chi connectivity index (χ2n) is 6.43. The minimum absolute atomic E-state index is 0.725. The summed E-state index contributed by atoms with van der Waals surface area (Å²) in [6.07, 6.45) is 10.3. The second kappa shape index (κ2) is 5.97. The van der Waals surface area contributed by atoms with Crippen LogP contribution in [-0.2, 0) is 6.54 Å². The van der Waals surface area contributed by atoms with Crippen LogP contribution < -0.4 is 0 Å². The summed E-state index contributed by atoms with van der Waals surface area (Å²) in [5, 5.41) is 0. The van der Waals surface area contributed by atoms with E-state index in [1.54, 1.807) is 0 Å². The number of rotatable bonds is 2. The van der Waals surface area contributed by atoms with Crippen molar-refractivity contribution in [2.45, 2.75) is 51.5 Å². The number of hydrogen-bond donors (Lipinski definition) is 0. The van der Waals surface area contributed by atoms with Gasteiger partial charge in [-0.25, -0.2) is 0 Å². The molecular weight excluding hydrogens is 298 g/mol. The molecule has 104 valence electrons. The van der Waals surface area contributed by atoms with Gasteiger partial charge in [0.2, 0.25) is 0 Å². The van der Waals surface area contributed by atoms with Crippen LogP contribution in [0.5, 0.6) is 0 Å². The fraction of sp³-hybridized carbons (Fsp3) is 0.647. The molecule has 1 aliphatic heterocycles. The van der Waals surface area contributed by atoms with Crippen LogP contribution in [0.15, 0.2) is 28.7 Å². The molecule has 1 aromatic carbocycles. The fourth-order valence-corrected chi connectivity index (χ4v) is 4.26. The normalized spacial score (nSPS) is 23.6. The monoisotopic (exact) mass is 321 g/mol. The van der Waals surface area contributed by atoms with Crippen molar-refractivity contribution in [3.63, 3.8) is 0 Å². The minimum Gasteiger partial charge on any atom is -0.299 e. The molecule has 0 N–H and O–H groups in total. The summed E-state index contributed by atoms with van der Waals surface area (Å²) in [4.78, 5) is 2.64. The Kier molecular flexibility index (Phi) is 4.28. The molecule has 0 aromatic heterocycles. The van der Waals surface area contributed by atoms with Crippen molar-refractivity contribution in [1.82, 2.24) is 4.90 Å². The quantitative estimate of drug-likeness (QED) is 0.741. The van der Waals surface area contributed by atoms with Crippen LogP contribution in [-0.4, -0.2) is 18.0 Å². The lowest BCUT2D eigenvalue weighted by atomic mass is 9.68. The van der Waals surface area contributed by atoms with E-state index < -0.39 is 0 Å². The van der Waals surface area contributed by atoms with Gasteiger partial charge in [0.25, 0.3) is 0 Å². The first-order valence-corrected chi connectivity index (χ1v) is 8.53. The van der Waals surface area contributed by atoms with Crippen molar-refractivity contribution < 1.29 is 0 Å². The van der Waals surface area contributed by atoms with Crippen LogP contribution in [0.4, 0.5) is 0 Å². The number of likely N-dealkylation sites (tertiary alicyclic amines) is 1. The van der Waals surface area contributed by atoms with Gasteiger partial charge >= 0.3 is 0 Å². The first kappa shape index (κ1) is 13.6.